The van der Waals surface area contributed by atoms with Gasteiger partial charge in [0.1, 0.15) is 5.75 Å². The standard InChI is InChI=1S/C10H14BrNO/c1-10(2,12)7-5-4-6-8(11)9(7)13-3/h4-6H,12H2,1-3H3. The van der Waals surface area contributed by atoms with E-state index in [1.165, 1.54) is 0 Å². The molecule has 72 valence electrons. The second-order valence-electron chi connectivity index (χ2n) is 3.54. The minimum atomic E-state index is -0.380. The lowest BCUT2D eigenvalue weighted by atomic mass is 9.95. The maximum atomic E-state index is 6.00. The SMILES string of the molecule is COc1c(Br)cccc1C(C)(C)N. The molecule has 2 N–H and O–H groups in total. The zero-order chi connectivity index (χ0) is 10.1. The van der Waals surface area contributed by atoms with Crippen LogP contribution in [0, 0.1) is 0 Å². The predicted molar refractivity (Wildman–Crippen MR) is 57.9 cm³/mol. The summed E-state index contributed by atoms with van der Waals surface area (Å²) >= 11 is 3.42. The molecule has 0 aliphatic carbocycles. The Morgan fingerprint density at radius 3 is 2.38 bits per heavy atom. The van der Waals surface area contributed by atoms with Crippen LogP contribution in [0.4, 0.5) is 0 Å². The number of rotatable bonds is 2. The number of benzene rings is 1. The highest BCUT2D eigenvalue weighted by Gasteiger charge is 2.20. The predicted octanol–water partition coefficient (Wildman–Crippen LogP) is 2.65. The van der Waals surface area contributed by atoms with Crippen molar-refractivity contribution < 1.29 is 4.74 Å². The molecular weight excluding hydrogens is 230 g/mol. The van der Waals surface area contributed by atoms with Gasteiger partial charge in [-0.2, -0.15) is 0 Å². The minimum Gasteiger partial charge on any atom is -0.495 e. The third kappa shape index (κ3) is 2.23. The lowest BCUT2D eigenvalue weighted by Crippen LogP contribution is -2.29. The van der Waals surface area contributed by atoms with Crippen molar-refractivity contribution in [2.75, 3.05) is 7.11 Å². The fraction of sp³-hybridized carbons (Fsp3) is 0.400. The number of para-hydroxylation sites is 1. The summed E-state index contributed by atoms with van der Waals surface area (Å²) in [5.41, 5.74) is 6.63. The first-order valence-electron chi connectivity index (χ1n) is 4.08. The van der Waals surface area contributed by atoms with Crippen LogP contribution in [0.5, 0.6) is 5.75 Å². The highest BCUT2D eigenvalue weighted by atomic mass is 79.9. The highest BCUT2D eigenvalue weighted by molar-refractivity contribution is 9.10. The van der Waals surface area contributed by atoms with E-state index in [4.69, 9.17) is 10.5 Å². The molecule has 0 aliphatic rings. The van der Waals surface area contributed by atoms with Gasteiger partial charge in [0.05, 0.1) is 11.6 Å². The van der Waals surface area contributed by atoms with Crippen molar-refractivity contribution in [3.8, 4) is 5.75 Å². The van der Waals surface area contributed by atoms with Gasteiger partial charge in [-0.15, -0.1) is 0 Å². The molecule has 3 heteroatoms. The molecule has 0 bridgehead atoms. The number of methoxy groups -OCH3 is 1. The van der Waals surface area contributed by atoms with Crippen LogP contribution < -0.4 is 10.5 Å². The Morgan fingerprint density at radius 1 is 1.38 bits per heavy atom. The molecule has 0 spiro atoms. The van der Waals surface area contributed by atoms with Gasteiger partial charge < -0.3 is 10.5 Å². The summed E-state index contributed by atoms with van der Waals surface area (Å²) < 4.78 is 6.21. The van der Waals surface area contributed by atoms with Crippen molar-refractivity contribution >= 4 is 15.9 Å². The maximum absolute atomic E-state index is 6.00. The molecule has 0 fully saturated rings. The van der Waals surface area contributed by atoms with Crippen LogP contribution in [-0.2, 0) is 5.54 Å². The highest BCUT2D eigenvalue weighted by Crippen LogP contribution is 2.34. The maximum Gasteiger partial charge on any atom is 0.138 e. The van der Waals surface area contributed by atoms with Gasteiger partial charge in [0.25, 0.3) is 0 Å². The smallest absolute Gasteiger partial charge is 0.138 e. The molecule has 2 nitrogen and oxygen atoms in total. The average Bonchev–Trinajstić information content (AvgIpc) is 2.02. The molecule has 0 atom stereocenters. The van der Waals surface area contributed by atoms with Crippen LogP contribution in [0.15, 0.2) is 22.7 Å². The number of halogens is 1. The Balaban J connectivity index is 3.29. The Morgan fingerprint density at radius 2 is 2.00 bits per heavy atom. The fourth-order valence-electron chi connectivity index (χ4n) is 1.22. The van der Waals surface area contributed by atoms with Gasteiger partial charge in [-0.3, -0.25) is 0 Å². The quantitative estimate of drug-likeness (QED) is 0.867. The minimum absolute atomic E-state index is 0.380. The molecule has 0 amide bonds. The van der Waals surface area contributed by atoms with Gasteiger partial charge in [0.2, 0.25) is 0 Å². The Kier molecular flexibility index (Phi) is 2.98. The molecule has 0 unspecified atom stereocenters. The van der Waals surface area contributed by atoms with Gasteiger partial charge in [-0.05, 0) is 35.8 Å². The normalized spacial score (nSPS) is 11.5. The van der Waals surface area contributed by atoms with E-state index in [1.54, 1.807) is 7.11 Å². The lowest BCUT2D eigenvalue weighted by Gasteiger charge is -2.22. The molecule has 13 heavy (non-hydrogen) atoms. The Bertz CT molecular complexity index is 304. The van der Waals surface area contributed by atoms with E-state index in [2.05, 4.69) is 15.9 Å². The first-order chi connectivity index (χ1) is 5.96. The Labute approximate surface area is 87.2 Å². The van der Waals surface area contributed by atoms with Gasteiger partial charge in [0, 0.05) is 11.1 Å². The molecule has 0 aromatic heterocycles. The van der Waals surface area contributed by atoms with Crippen LogP contribution in [0.25, 0.3) is 0 Å². The zero-order valence-corrected chi connectivity index (χ0v) is 9.68. The summed E-state index contributed by atoms with van der Waals surface area (Å²) in [5.74, 6) is 0.815. The van der Waals surface area contributed by atoms with Gasteiger partial charge >= 0.3 is 0 Å². The number of nitrogens with two attached hydrogens (primary N) is 1. The zero-order valence-electron chi connectivity index (χ0n) is 8.10. The summed E-state index contributed by atoms with van der Waals surface area (Å²) in [5, 5.41) is 0. The number of hydrogen-bond donors (Lipinski definition) is 1. The van der Waals surface area contributed by atoms with Crippen LogP contribution in [0.2, 0.25) is 0 Å². The lowest BCUT2D eigenvalue weighted by molar-refractivity contribution is 0.392. The third-order valence-corrected chi connectivity index (χ3v) is 2.49. The summed E-state index contributed by atoms with van der Waals surface area (Å²) in [4.78, 5) is 0. The molecular formula is C10H14BrNO. The van der Waals surface area contributed by atoms with E-state index in [1.807, 2.05) is 32.0 Å². The largest absolute Gasteiger partial charge is 0.495 e. The molecule has 1 rings (SSSR count). The third-order valence-electron chi connectivity index (χ3n) is 1.87. The van der Waals surface area contributed by atoms with Crippen molar-refractivity contribution in [3.63, 3.8) is 0 Å². The fourth-order valence-corrected chi connectivity index (χ4v) is 1.75. The van der Waals surface area contributed by atoms with Crippen LogP contribution in [0.1, 0.15) is 19.4 Å². The topological polar surface area (TPSA) is 35.2 Å². The van der Waals surface area contributed by atoms with Crippen LogP contribution >= 0.6 is 15.9 Å². The van der Waals surface area contributed by atoms with E-state index in [0.717, 1.165) is 15.8 Å². The second-order valence-corrected chi connectivity index (χ2v) is 4.40. The van der Waals surface area contributed by atoms with Crippen molar-refractivity contribution in [2.45, 2.75) is 19.4 Å². The summed E-state index contributed by atoms with van der Waals surface area (Å²) in [6.45, 7) is 3.91. The summed E-state index contributed by atoms with van der Waals surface area (Å²) in [6, 6.07) is 5.87. The van der Waals surface area contributed by atoms with E-state index < -0.39 is 0 Å². The van der Waals surface area contributed by atoms with E-state index in [9.17, 15) is 0 Å². The van der Waals surface area contributed by atoms with Crippen molar-refractivity contribution in [3.05, 3.63) is 28.2 Å². The molecule has 0 aliphatic heterocycles. The summed E-state index contributed by atoms with van der Waals surface area (Å²) in [7, 11) is 1.65. The number of hydrogen-bond acceptors (Lipinski definition) is 2. The average molecular weight is 244 g/mol. The van der Waals surface area contributed by atoms with Gasteiger partial charge in [0.15, 0.2) is 0 Å². The van der Waals surface area contributed by atoms with Gasteiger partial charge in [-0.1, -0.05) is 12.1 Å². The van der Waals surface area contributed by atoms with Crippen LogP contribution in [0.3, 0.4) is 0 Å². The first kappa shape index (κ1) is 10.5. The molecule has 1 aromatic carbocycles. The second kappa shape index (κ2) is 3.68. The molecule has 0 saturated heterocycles. The molecule has 0 heterocycles. The van der Waals surface area contributed by atoms with Crippen LogP contribution in [-0.4, -0.2) is 7.11 Å². The molecule has 0 saturated carbocycles. The van der Waals surface area contributed by atoms with Crippen molar-refractivity contribution in [1.29, 1.82) is 0 Å². The van der Waals surface area contributed by atoms with Crippen molar-refractivity contribution in [1.82, 2.24) is 0 Å². The monoisotopic (exact) mass is 243 g/mol. The molecule has 0 radical (unpaired) electrons. The van der Waals surface area contributed by atoms with E-state index in [-0.39, 0.29) is 5.54 Å². The summed E-state index contributed by atoms with van der Waals surface area (Å²) in [6.07, 6.45) is 0. The van der Waals surface area contributed by atoms with Crippen molar-refractivity contribution in [2.24, 2.45) is 5.73 Å². The molecule has 1 aromatic rings. The number of ether oxygens (including phenoxy) is 1. The van der Waals surface area contributed by atoms with E-state index in [0.29, 0.717) is 0 Å². The van der Waals surface area contributed by atoms with Gasteiger partial charge in [-0.25, -0.2) is 0 Å². The Hall–Kier alpha value is -0.540. The van der Waals surface area contributed by atoms with E-state index >= 15 is 0 Å². The first-order valence-corrected chi connectivity index (χ1v) is 4.88.